The van der Waals surface area contributed by atoms with Crippen molar-refractivity contribution in [2.75, 3.05) is 0 Å². The number of benzene rings is 1. The molecule has 24 heavy (non-hydrogen) atoms. The highest BCUT2D eigenvalue weighted by Gasteiger charge is 2.34. The Kier molecular flexibility index (Phi) is 3.66. The highest BCUT2D eigenvalue weighted by atomic mass is 16.5. The summed E-state index contributed by atoms with van der Waals surface area (Å²) < 4.78 is 5.54. The monoisotopic (exact) mass is 323 g/mol. The minimum Gasteiger partial charge on any atom is -0.339 e. The predicted octanol–water partition coefficient (Wildman–Crippen LogP) is 3.22. The molecule has 1 aromatic heterocycles. The SMILES string of the molecule is c1cc2c(cc1Cc1noc(CC3CC4CCC(C3)N4)n1)CCC2. The first-order chi connectivity index (χ1) is 11.8. The van der Waals surface area contributed by atoms with Crippen molar-refractivity contribution in [3.63, 3.8) is 0 Å². The number of piperidine rings is 1. The Morgan fingerprint density at radius 3 is 2.79 bits per heavy atom. The Balaban J connectivity index is 1.24. The molecule has 0 amide bonds. The summed E-state index contributed by atoms with van der Waals surface area (Å²) >= 11 is 0. The van der Waals surface area contributed by atoms with Gasteiger partial charge in [0, 0.05) is 24.9 Å². The van der Waals surface area contributed by atoms with Gasteiger partial charge in [-0.05, 0) is 67.6 Å². The first-order valence-corrected chi connectivity index (χ1v) is 9.50. The van der Waals surface area contributed by atoms with Crippen LogP contribution in [-0.2, 0) is 25.7 Å². The summed E-state index contributed by atoms with van der Waals surface area (Å²) in [6.07, 6.45) is 10.7. The Labute approximate surface area is 143 Å². The molecule has 0 saturated carbocycles. The van der Waals surface area contributed by atoms with Crippen LogP contribution < -0.4 is 5.32 Å². The molecule has 2 bridgehead atoms. The van der Waals surface area contributed by atoms with Crippen molar-refractivity contribution < 1.29 is 4.52 Å². The van der Waals surface area contributed by atoms with Crippen molar-refractivity contribution in [2.45, 2.75) is 69.9 Å². The molecule has 3 aliphatic rings. The molecule has 3 heterocycles. The summed E-state index contributed by atoms with van der Waals surface area (Å²) in [7, 11) is 0. The van der Waals surface area contributed by atoms with E-state index in [-0.39, 0.29) is 0 Å². The number of hydrogen-bond donors (Lipinski definition) is 1. The van der Waals surface area contributed by atoms with E-state index in [9.17, 15) is 0 Å². The molecule has 1 aliphatic carbocycles. The minimum absolute atomic E-state index is 0.706. The van der Waals surface area contributed by atoms with Gasteiger partial charge in [0.1, 0.15) is 0 Å². The topological polar surface area (TPSA) is 51.0 Å². The van der Waals surface area contributed by atoms with Crippen molar-refractivity contribution in [1.82, 2.24) is 15.5 Å². The standard InChI is InChI=1S/C20H25N3O/c1-2-15-5-4-13(8-16(15)3-1)11-19-22-20(24-23-19)12-14-9-17-6-7-18(10-14)21-17/h4-5,8,14,17-18,21H,1-3,6-7,9-12H2. The highest BCUT2D eigenvalue weighted by molar-refractivity contribution is 5.36. The number of rotatable bonds is 4. The van der Waals surface area contributed by atoms with Crippen LogP contribution in [0.3, 0.4) is 0 Å². The first kappa shape index (κ1) is 14.6. The third-order valence-electron chi connectivity index (χ3n) is 6.07. The Hall–Kier alpha value is -1.68. The smallest absolute Gasteiger partial charge is 0.226 e. The van der Waals surface area contributed by atoms with Crippen molar-refractivity contribution in [3.8, 4) is 0 Å². The van der Waals surface area contributed by atoms with Crippen LogP contribution in [0.5, 0.6) is 0 Å². The Bertz CT molecular complexity index is 726. The fourth-order valence-corrected chi connectivity index (χ4v) is 4.95. The molecule has 2 saturated heterocycles. The lowest BCUT2D eigenvalue weighted by molar-refractivity contribution is 0.270. The molecule has 2 aliphatic heterocycles. The molecule has 4 nitrogen and oxygen atoms in total. The molecule has 0 radical (unpaired) electrons. The van der Waals surface area contributed by atoms with Gasteiger partial charge in [0.25, 0.3) is 0 Å². The zero-order valence-electron chi connectivity index (χ0n) is 14.1. The molecule has 0 spiro atoms. The summed E-state index contributed by atoms with van der Waals surface area (Å²) in [6, 6.07) is 8.29. The highest BCUT2D eigenvalue weighted by Crippen LogP contribution is 2.32. The van der Waals surface area contributed by atoms with Gasteiger partial charge in [0.2, 0.25) is 5.89 Å². The van der Waals surface area contributed by atoms with Gasteiger partial charge in [0.15, 0.2) is 5.82 Å². The van der Waals surface area contributed by atoms with Gasteiger partial charge in [-0.1, -0.05) is 23.4 Å². The second-order valence-electron chi connectivity index (χ2n) is 7.92. The normalized spacial score (nSPS) is 28.2. The summed E-state index contributed by atoms with van der Waals surface area (Å²) in [4.78, 5) is 4.67. The lowest BCUT2D eigenvalue weighted by atomic mass is 9.90. The number of hydrogen-bond acceptors (Lipinski definition) is 4. The van der Waals surface area contributed by atoms with Crippen molar-refractivity contribution >= 4 is 0 Å². The summed E-state index contributed by atoms with van der Waals surface area (Å²) in [5, 5.41) is 7.92. The number of aryl methyl sites for hydroxylation is 2. The third-order valence-corrected chi connectivity index (χ3v) is 6.07. The van der Waals surface area contributed by atoms with Gasteiger partial charge in [-0.25, -0.2) is 0 Å². The second-order valence-corrected chi connectivity index (χ2v) is 7.92. The van der Waals surface area contributed by atoms with Gasteiger partial charge in [-0.2, -0.15) is 4.98 Å². The van der Waals surface area contributed by atoms with Gasteiger partial charge in [-0.3, -0.25) is 0 Å². The molecular formula is C20H25N3O. The van der Waals surface area contributed by atoms with Gasteiger partial charge < -0.3 is 9.84 Å². The van der Waals surface area contributed by atoms with Crippen molar-refractivity contribution in [2.24, 2.45) is 5.92 Å². The van der Waals surface area contributed by atoms with Gasteiger partial charge in [-0.15, -0.1) is 0 Å². The van der Waals surface area contributed by atoms with Crippen LogP contribution in [0.1, 0.15) is 60.5 Å². The second kappa shape index (κ2) is 5.99. The number of aromatic nitrogens is 2. The lowest BCUT2D eigenvalue weighted by Gasteiger charge is -2.28. The molecule has 1 N–H and O–H groups in total. The van der Waals surface area contributed by atoms with Crippen LogP contribution in [0, 0.1) is 5.92 Å². The van der Waals surface area contributed by atoms with Crippen molar-refractivity contribution in [3.05, 3.63) is 46.6 Å². The first-order valence-electron chi connectivity index (χ1n) is 9.50. The number of fused-ring (bicyclic) bond motifs is 3. The van der Waals surface area contributed by atoms with E-state index >= 15 is 0 Å². The largest absolute Gasteiger partial charge is 0.339 e. The molecule has 2 unspecified atom stereocenters. The number of nitrogens with one attached hydrogen (secondary N) is 1. The minimum atomic E-state index is 0.706. The van der Waals surface area contributed by atoms with Crippen LogP contribution in [0.4, 0.5) is 0 Å². The molecular weight excluding hydrogens is 298 g/mol. The fourth-order valence-electron chi connectivity index (χ4n) is 4.95. The van der Waals surface area contributed by atoms with E-state index in [1.807, 2.05) is 0 Å². The molecule has 2 fully saturated rings. The Morgan fingerprint density at radius 1 is 1.08 bits per heavy atom. The molecule has 1 aromatic carbocycles. The summed E-state index contributed by atoms with van der Waals surface area (Å²) in [5.74, 6) is 2.37. The van der Waals surface area contributed by atoms with Crippen LogP contribution >= 0.6 is 0 Å². The maximum absolute atomic E-state index is 5.54. The van der Waals surface area contributed by atoms with E-state index in [0.29, 0.717) is 5.92 Å². The van der Waals surface area contributed by atoms with Crippen LogP contribution in [0.25, 0.3) is 0 Å². The lowest BCUT2D eigenvalue weighted by Crippen LogP contribution is -2.38. The van der Waals surface area contributed by atoms with Crippen molar-refractivity contribution in [1.29, 1.82) is 0 Å². The zero-order valence-corrected chi connectivity index (χ0v) is 14.1. The molecule has 5 rings (SSSR count). The quantitative estimate of drug-likeness (QED) is 0.938. The van der Waals surface area contributed by atoms with Gasteiger partial charge >= 0.3 is 0 Å². The Morgan fingerprint density at radius 2 is 1.92 bits per heavy atom. The summed E-state index contributed by atoms with van der Waals surface area (Å²) in [5.41, 5.74) is 4.34. The zero-order chi connectivity index (χ0) is 15.9. The van der Waals surface area contributed by atoms with E-state index in [2.05, 4.69) is 33.7 Å². The third kappa shape index (κ3) is 2.88. The van der Waals surface area contributed by atoms with E-state index in [4.69, 9.17) is 4.52 Å². The molecule has 126 valence electrons. The van der Waals surface area contributed by atoms with Crippen LogP contribution in [0.2, 0.25) is 0 Å². The maximum Gasteiger partial charge on any atom is 0.226 e. The number of nitrogens with zero attached hydrogens (tertiary/aromatic N) is 2. The van der Waals surface area contributed by atoms with E-state index in [1.54, 1.807) is 0 Å². The van der Waals surface area contributed by atoms with Crippen LogP contribution in [0.15, 0.2) is 22.7 Å². The molecule has 4 heteroatoms. The average Bonchev–Trinajstić information content (AvgIpc) is 3.28. The molecule has 2 atom stereocenters. The van der Waals surface area contributed by atoms with E-state index < -0.39 is 0 Å². The van der Waals surface area contributed by atoms with E-state index in [0.717, 1.165) is 36.6 Å². The van der Waals surface area contributed by atoms with Gasteiger partial charge in [0.05, 0.1) is 0 Å². The predicted molar refractivity (Wildman–Crippen MR) is 91.9 cm³/mol. The van der Waals surface area contributed by atoms with E-state index in [1.165, 1.54) is 61.6 Å². The molecule has 2 aromatic rings. The fraction of sp³-hybridized carbons (Fsp3) is 0.600. The average molecular weight is 323 g/mol. The van der Waals surface area contributed by atoms with Crippen LogP contribution in [-0.4, -0.2) is 22.2 Å². The summed E-state index contributed by atoms with van der Waals surface area (Å²) in [6.45, 7) is 0. The maximum atomic E-state index is 5.54.